The third-order valence-corrected chi connectivity index (χ3v) is 26.5. The van der Waals surface area contributed by atoms with E-state index in [2.05, 4.69) is 246 Å². The Hall–Kier alpha value is -10.7. The van der Waals surface area contributed by atoms with Crippen LogP contribution in [0.25, 0.3) is 4.85 Å². The Kier molecular flexibility index (Phi) is 32.4. The topological polar surface area (TPSA) is 139 Å². The molecule has 2 unspecified atom stereocenters. The number of halogens is 1. The number of piperidine rings is 4. The highest BCUT2D eigenvalue weighted by atomic mass is 19.1. The zero-order chi connectivity index (χ0) is 85.3. The Balaban J connectivity index is 0.000000140. The van der Waals surface area contributed by atoms with Crippen LogP contribution in [-0.2, 0) is 51.9 Å². The molecule has 0 saturated carbocycles. The van der Waals surface area contributed by atoms with Gasteiger partial charge in [-0.25, -0.2) is 14.2 Å². The quantitative estimate of drug-likeness (QED) is 0.0302. The standard InChI is InChI=1S/C27H34N4.C26H31FN4.C26H36N4.C26H32N4/c1-21-5-6-25-20-30(16-11-24(25)19-21)15-4-14-29-22(2)23-12-17-31(18-13-23)27-9-7-26(28-3)8-10-27;1-19-5-7-24-17-30(12-9-22(24)14-19)13-10-29-20(2)23-4-3-11-31(18-23)26-8-6-21(16-28)15-25(26)27;1-20-5-7-25-19-29(14-9-24(25)17-20)13-4-12-27-22(3)23-10-15-30(16-11-23)26-8-6-21(2)18-28-26;1-20-5-8-25-18-29(14-11-23(25)16-20)15-12-28-21(2)24-4-3-13-30(19-24)26-9-6-22(17-27)7-10-26/h5-10,19,23,29H,2,4,11-18,20H2,1H3;5-8,14-15,23,29H,2-4,9-13,17-18H2,1H3;5-8,17-18,23,27H,3-4,9-16,19H2,1-2H3;5-10,16,24,28H,2-4,11-15,18-19H2,1H3. The SMILES string of the molecule is C=C(NCCCN1CCc2cc(C)ccc2C1)C1CCN(c2ccc(C)cn2)CC1.C=C(NCCN1CCc2cc(C)ccc2C1)C1CCCN(c2ccc(C#N)cc2)C1.C=C(NCCN1CCc2cc(C)ccc2C1)C1CCCN(c2ccc(C#N)cc2F)C1.[C-]#[N+]c1ccc(N2CCC(C(=C)NCCCN3CCc4cc(C)ccc4C3)CC2)cc1. The molecule has 4 fully saturated rings. The van der Waals surface area contributed by atoms with Gasteiger partial charge in [-0.1, -0.05) is 140 Å². The lowest BCUT2D eigenvalue weighted by molar-refractivity contribution is 0.250. The molecule has 7 aromatic carbocycles. The number of nitrogens with zero attached hydrogens (tertiary/aromatic N) is 12. The van der Waals surface area contributed by atoms with E-state index in [1.165, 1.54) is 146 Å². The van der Waals surface area contributed by atoms with Gasteiger partial charge < -0.3 is 40.9 Å². The Bertz CT molecular complexity index is 4940. The van der Waals surface area contributed by atoms with E-state index >= 15 is 0 Å². The molecule has 0 spiro atoms. The van der Waals surface area contributed by atoms with Crippen LogP contribution in [0.15, 0.2) is 207 Å². The first kappa shape index (κ1) is 89.1. The van der Waals surface area contributed by atoms with Crippen LogP contribution < -0.4 is 40.9 Å². The molecule has 17 heteroatoms. The van der Waals surface area contributed by atoms with E-state index in [0.29, 0.717) is 46.2 Å². The number of nitriles is 2. The van der Waals surface area contributed by atoms with Crippen LogP contribution >= 0.6 is 0 Å². The highest BCUT2D eigenvalue weighted by molar-refractivity contribution is 5.57. The van der Waals surface area contributed by atoms with Gasteiger partial charge >= 0.3 is 0 Å². The number of benzene rings is 7. The van der Waals surface area contributed by atoms with Crippen molar-refractivity contribution in [1.82, 2.24) is 45.9 Å². The first-order valence-corrected chi connectivity index (χ1v) is 45.4. The normalized spacial score (nSPS) is 18.2. The van der Waals surface area contributed by atoms with Crippen LogP contribution in [0.2, 0.25) is 0 Å². The molecule has 8 aromatic rings. The summed E-state index contributed by atoms with van der Waals surface area (Å²) in [6, 6.07) is 56.6. The maximum Gasteiger partial charge on any atom is 0.187 e. The van der Waals surface area contributed by atoms with Crippen LogP contribution in [-0.4, -0.2) is 155 Å². The van der Waals surface area contributed by atoms with Gasteiger partial charge in [0, 0.05) is 221 Å². The van der Waals surface area contributed by atoms with Crippen LogP contribution in [0.3, 0.4) is 0 Å². The van der Waals surface area contributed by atoms with Gasteiger partial charge in [0.15, 0.2) is 5.69 Å². The Morgan fingerprint density at radius 2 is 0.787 bits per heavy atom. The summed E-state index contributed by atoms with van der Waals surface area (Å²) in [6.45, 7) is 60.2. The lowest BCUT2D eigenvalue weighted by Crippen LogP contribution is -2.40. The largest absolute Gasteiger partial charge is 0.389 e. The molecule has 9 heterocycles. The number of hydrogen-bond donors (Lipinski definition) is 4. The summed E-state index contributed by atoms with van der Waals surface area (Å²) in [5, 5.41) is 32.4. The van der Waals surface area contributed by atoms with Crippen molar-refractivity contribution in [3.63, 3.8) is 0 Å². The molecule has 1 aromatic heterocycles. The third-order valence-electron chi connectivity index (χ3n) is 26.5. The molecule has 16 rings (SSSR count). The summed E-state index contributed by atoms with van der Waals surface area (Å²) in [5.41, 5.74) is 28.2. The molecule has 640 valence electrons. The van der Waals surface area contributed by atoms with E-state index in [1.807, 2.05) is 36.5 Å². The second-order valence-electron chi connectivity index (χ2n) is 35.6. The summed E-state index contributed by atoms with van der Waals surface area (Å²) >= 11 is 0. The van der Waals surface area contributed by atoms with E-state index < -0.39 is 0 Å². The van der Waals surface area contributed by atoms with Gasteiger partial charge in [-0.05, 0) is 235 Å². The predicted molar refractivity (Wildman–Crippen MR) is 502 cm³/mol. The van der Waals surface area contributed by atoms with Gasteiger partial charge in [-0.15, -0.1) is 0 Å². The van der Waals surface area contributed by atoms with Crippen molar-refractivity contribution in [1.29, 1.82) is 10.5 Å². The first-order valence-electron chi connectivity index (χ1n) is 45.4. The smallest absolute Gasteiger partial charge is 0.187 e. The summed E-state index contributed by atoms with van der Waals surface area (Å²) in [4.78, 5) is 27.6. The second-order valence-corrected chi connectivity index (χ2v) is 35.6. The van der Waals surface area contributed by atoms with Crippen molar-refractivity contribution < 1.29 is 4.39 Å². The number of aromatic nitrogens is 1. The van der Waals surface area contributed by atoms with E-state index in [0.717, 1.165) is 213 Å². The number of allylic oxidation sites excluding steroid dienone is 2. The number of fused-ring (bicyclic) bond motifs is 4. The molecular formula is C105H133FN16. The fourth-order valence-electron chi connectivity index (χ4n) is 19.0. The number of aryl methyl sites for hydroxylation is 5. The van der Waals surface area contributed by atoms with Gasteiger partial charge in [0.25, 0.3) is 0 Å². The lowest BCUT2D eigenvalue weighted by Gasteiger charge is -2.36. The third kappa shape index (κ3) is 25.5. The summed E-state index contributed by atoms with van der Waals surface area (Å²) < 4.78 is 14.4. The summed E-state index contributed by atoms with van der Waals surface area (Å²) in [7, 11) is 0. The van der Waals surface area contributed by atoms with Gasteiger partial charge in [0.05, 0.1) is 35.5 Å². The molecule has 0 radical (unpaired) electrons. The molecule has 4 N–H and O–H groups in total. The van der Waals surface area contributed by atoms with Crippen molar-refractivity contribution in [2.45, 2.75) is 151 Å². The number of pyridine rings is 1. The first-order chi connectivity index (χ1) is 59.3. The Morgan fingerprint density at radius 3 is 1.21 bits per heavy atom. The van der Waals surface area contributed by atoms with E-state index in [-0.39, 0.29) is 5.82 Å². The highest BCUT2D eigenvalue weighted by Crippen LogP contribution is 2.34. The van der Waals surface area contributed by atoms with Crippen molar-refractivity contribution in [2.24, 2.45) is 23.7 Å². The van der Waals surface area contributed by atoms with Gasteiger partial charge in [-0.3, -0.25) is 19.6 Å². The van der Waals surface area contributed by atoms with Gasteiger partial charge in [-0.2, -0.15) is 10.5 Å². The minimum atomic E-state index is -0.321. The van der Waals surface area contributed by atoms with Crippen LogP contribution in [0, 0.1) is 93.3 Å². The number of hydrogen-bond acceptors (Lipinski definition) is 15. The molecule has 8 aliphatic rings. The number of rotatable bonds is 26. The molecule has 122 heavy (non-hydrogen) atoms. The fraction of sp³-hybridized carbons (Fsp3) is 0.448. The average Bonchev–Trinajstić information content (AvgIpc) is 0.823. The van der Waals surface area contributed by atoms with Crippen LogP contribution in [0.5, 0.6) is 0 Å². The van der Waals surface area contributed by atoms with Crippen molar-refractivity contribution in [2.75, 3.05) is 150 Å². The maximum atomic E-state index is 14.4. The van der Waals surface area contributed by atoms with E-state index in [9.17, 15) is 4.39 Å². The number of nitrogens with one attached hydrogen (secondary N) is 4. The second kappa shape index (κ2) is 44.4. The van der Waals surface area contributed by atoms with Crippen LogP contribution in [0.4, 0.5) is 33.0 Å². The fourth-order valence-corrected chi connectivity index (χ4v) is 19.0. The van der Waals surface area contributed by atoms with E-state index in [4.69, 9.17) is 17.1 Å². The molecule has 0 bridgehead atoms. The zero-order valence-corrected chi connectivity index (χ0v) is 73.8. The Morgan fingerprint density at radius 1 is 0.402 bits per heavy atom. The molecule has 4 saturated heterocycles. The highest BCUT2D eigenvalue weighted by Gasteiger charge is 2.29. The molecule has 2 atom stereocenters. The molecular weight excluding hydrogens is 1500 g/mol. The van der Waals surface area contributed by atoms with E-state index in [1.54, 1.807) is 17.7 Å². The molecule has 8 aliphatic heterocycles. The van der Waals surface area contributed by atoms with Crippen LogP contribution in [0.1, 0.15) is 148 Å². The minimum Gasteiger partial charge on any atom is -0.389 e. The number of anilines is 4. The summed E-state index contributed by atoms with van der Waals surface area (Å²) in [6.07, 6.45) is 18.0. The summed E-state index contributed by atoms with van der Waals surface area (Å²) in [5.74, 6) is 2.70. The average molecular weight is 1640 g/mol. The van der Waals surface area contributed by atoms with Gasteiger partial charge in [0.1, 0.15) is 11.6 Å². The molecule has 0 aliphatic carbocycles. The monoisotopic (exact) mass is 1640 g/mol. The van der Waals surface area contributed by atoms with Crippen molar-refractivity contribution in [3.8, 4) is 12.1 Å². The molecule has 0 amide bonds. The lowest BCUT2D eigenvalue weighted by atomic mass is 9.93. The Labute approximate surface area is 729 Å². The van der Waals surface area contributed by atoms with Crippen molar-refractivity contribution >= 4 is 28.6 Å². The maximum absolute atomic E-state index is 14.4. The molecule has 16 nitrogen and oxygen atoms in total. The predicted octanol–water partition coefficient (Wildman–Crippen LogP) is 18.4. The van der Waals surface area contributed by atoms with Crippen molar-refractivity contribution in [3.05, 3.63) is 308 Å². The zero-order valence-electron chi connectivity index (χ0n) is 73.8. The van der Waals surface area contributed by atoms with Gasteiger partial charge in [0.2, 0.25) is 0 Å². The minimum absolute atomic E-state index is 0.300.